The molecule has 0 unspecified atom stereocenters. The summed E-state index contributed by atoms with van der Waals surface area (Å²) in [6, 6.07) is 7.76. The van der Waals surface area contributed by atoms with E-state index in [1.54, 1.807) is 6.92 Å². The number of thioether (sulfide) groups is 1. The van der Waals surface area contributed by atoms with Crippen molar-refractivity contribution >= 4 is 34.9 Å². The molecule has 0 radical (unpaired) electrons. The molecule has 1 amide bonds. The lowest BCUT2D eigenvalue weighted by atomic mass is 10.0. The van der Waals surface area contributed by atoms with Gasteiger partial charge in [0.25, 0.3) is 5.69 Å². The van der Waals surface area contributed by atoms with E-state index in [-0.39, 0.29) is 44.7 Å². The van der Waals surface area contributed by atoms with Crippen LogP contribution in [-0.2, 0) is 11.8 Å². The number of non-ortho nitro benzene ring substituents is 1. The number of rotatable bonds is 6. The largest absolute Gasteiger partial charge is 0.435 e. The van der Waals surface area contributed by atoms with Crippen LogP contribution in [0.4, 0.5) is 17.2 Å². The maximum Gasteiger partial charge on any atom is 0.435 e. The van der Waals surface area contributed by atoms with Gasteiger partial charge in [-0.05, 0) is 23.8 Å². The van der Waals surface area contributed by atoms with E-state index in [1.807, 2.05) is 12.1 Å². The number of H-pyrrole nitrogens is 1. The number of carbonyl (C=O) groups excluding carboxylic acids is 1. The number of nitrogens with two attached hydrogens (primary N) is 1. The zero-order valence-electron chi connectivity index (χ0n) is 17.2. The Morgan fingerprint density at radius 3 is 2.64 bits per heavy atom. The lowest BCUT2D eigenvalue weighted by Crippen LogP contribution is -2.34. The number of aryl methyl sites for hydroxylation is 2. The Hall–Kier alpha value is -4.69. The van der Waals surface area contributed by atoms with Crippen LogP contribution in [0.3, 0.4) is 0 Å². The zero-order valence-corrected chi connectivity index (χ0v) is 18.0. The summed E-state index contributed by atoms with van der Waals surface area (Å²) in [5.41, 5.74) is 5.38. The third-order valence-electron chi connectivity index (χ3n) is 4.49. The molecule has 0 fully saturated rings. The molecule has 166 valence electrons. The van der Waals surface area contributed by atoms with Crippen LogP contribution in [0.15, 0.2) is 32.5 Å². The van der Waals surface area contributed by atoms with E-state index in [1.165, 1.54) is 29.9 Å². The number of nitro benzene ring substituents is 1. The molecule has 0 spiro atoms. The molecule has 13 nitrogen and oxygen atoms in total. The van der Waals surface area contributed by atoms with Crippen LogP contribution < -0.4 is 21.4 Å². The highest BCUT2D eigenvalue weighted by atomic mass is 32.2. The molecular weight excluding hydrogens is 452 g/mol. The van der Waals surface area contributed by atoms with Crippen LogP contribution in [0.5, 0.6) is 0 Å². The van der Waals surface area contributed by atoms with E-state index in [0.717, 1.165) is 11.8 Å². The lowest BCUT2D eigenvalue weighted by Gasteiger charge is -2.10. The number of pyridine rings is 1. The number of nitrogens with one attached hydrogen (secondary N) is 2. The first-order chi connectivity index (χ1) is 15.7. The number of nitrogens with zero attached hydrogens (tertiary/aromatic N) is 5. The average molecular weight is 467 g/mol. The Bertz CT molecular complexity index is 1430. The molecule has 0 aliphatic carbocycles. The van der Waals surface area contributed by atoms with Gasteiger partial charge in [-0.15, -0.1) is 0 Å². The van der Waals surface area contributed by atoms with Crippen molar-refractivity contribution in [3.63, 3.8) is 0 Å². The molecule has 0 aliphatic rings. The quantitative estimate of drug-likeness (QED) is 0.203. The van der Waals surface area contributed by atoms with E-state index in [2.05, 4.69) is 15.6 Å². The highest BCUT2D eigenvalue weighted by molar-refractivity contribution is 8.00. The maximum absolute atomic E-state index is 12.5. The fourth-order valence-electron chi connectivity index (χ4n) is 2.97. The summed E-state index contributed by atoms with van der Waals surface area (Å²) in [6.07, 6.45) is 0. The van der Waals surface area contributed by atoms with E-state index in [9.17, 15) is 30.2 Å². The number of nitriles is 2. The van der Waals surface area contributed by atoms with Crippen LogP contribution in [0, 0.1) is 39.7 Å². The van der Waals surface area contributed by atoms with Crippen molar-refractivity contribution in [1.29, 1.82) is 10.5 Å². The highest BCUT2D eigenvalue weighted by Crippen LogP contribution is 2.33. The molecule has 14 heteroatoms. The Kier molecular flexibility index (Phi) is 6.41. The molecule has 33 heavy (non-hydrogen) atoms. The van der Waals surface area contributed by atoms with Crippen molar-refractivity contribution in [2.45, 2.75) is 11.9 Å². The van der Waals surface area contributed by atoms with Gasteiger partial charge < -0.3 is 11.1 Å². The third-order valence-corrected chi connectivity index (χ3v) is 5.47. The fourth-order valence-corrected chi connectivity index (χ4v) is 3.77. The Balaban J connectivity index is 1.91. The van der Waals surface area contributed by atoms with Gasteiger partial charge in [0.05, 0.1) is 16.2 Å². The molecule has 0 aliphatic heterocycles. The second kappa shape index (κ2) is 9.21. The van der Waals surface area contributed by atoms with Gasteiger partial charge in [0, 0.05) is 17.8 Å². The fraction of sp³-hybridized carbons (Fsp3) is 0.158. The van der Waals surface area contributed by atoms with E-state index < -0.39 is 16.5 Å². The monoisotopic (exact) mass is 467 g/mol. The smallest absolute Gasteiger partial charge is 0.383 e. The Morgan fingerprint density at radius 1 is 1.39 bits per heavy atom. The molecule has 0 saturated heterocycles. The standard InChI is InChI=1S/C19H14N8O5S/c1-9-5-10(27(30)31)3-4-13(9)23-14(28)8-33-18-12(7-21)15(11(6-20)17(22)24-18)16-19(29)32-25-26(16)2/h3-5H,8H2,1-2H3,(H3-,22,23,24,25,28,29)/p+1. The molecule has 3 rings (SSSR count). The summed E-state index contributed by atoms with van der Waals surface area (Å²) in [5.74, 6) is -0.892. The van der Waals surface area contributed by atoms with Crippen LogP contribution in [0.2, 0.25) is 0 Å². The molecule has 0 bridgehead atoms. The van der Waals surface area contributed by atoms with Crippen molar-refractivity contribution in [3.8, 4) is 23.4 Å². The van der Waals surface area contributed by atoms with Crippen LogP contribution in [0.25, 0.3) is 11.3 Å². The predicted molar refractivity (Wildman–Crippen MR) is 115 cm³/mol. The summed E-state index contributed by atoms with van der Waals surface area (Å²) >= 11 is 0.874. The number of hydrogen-bond acceptors (Lipinski definition) is 10. The van der Waals surface area contributed by atoms with E-state index in [0.29, 0.717) is 11.3 Å². The zero-order chi connectivity index (χ0) is 24.3. The minimum absolute atomic E-state index is 0.0418. The average Bonchev–Trinajstić information content (AvgIpc) is 3.10. The number of carbonyl (C=O) groups is 1. The van der Waals surface area contributed by atoms with Gasteiger partial charge in [0.15, 0.2) is 7.05 Å². The molecule has 2 aromatic heterocycles. The molecule has 1 aromatic carbocycles. The van der Waals surface area contributed by atoms with Gasteiger partial charge in [0.2, 0.25) is 5.91 Å². The van der Waals surface area contributed by atoms with E-state index in [4.69, 9.17) is 10.3 Å². The van der Waals surface area contributed by atoms with Crippen LogP contribution >= 0.6 is 11.8 Å². The first-order valence-electron chi connectivity index (χ1n) is 9.07. The lowest BCUT2D eigenvalue weighted by molar-refractivity contribution is -0.730. The maximum atomic E-state index is 12.5. The number of nitrogen functional groups attached to an aromatic ring is 1. The van der Waals surface area contributed by atoms with Gasteiger partial charge in [-0.2, -0.15) is 10.5 Å². The van der Waals surface area contributed by atoms with E-state index >= 15 is 0 Å². The first kappa shape index (κ1) is 23.0. The molecule has 0 atom stereocenters. The number of aromatic nitrogens is 3. The van der Waals surface area contributed by atoms with Crippen molar-refractivity contribution in [3.05, 3.63) is 55.4 Å². The highest BCUT2D eigenvalue weighted by Gasteiger charge is 2.31. The Labute approximate surface area is 189 Å². The van der Waals surface area contributed by atoms with Crippen molar-refractivity contribution in [2.75, 3.05) is 16.8 Å². The van der Waals surface area contributed by atoms with Crippen molar-refractivity contribution in [1.82, 2.24) is 10.3 Å². The number of hydrogen-bond donors (Lipinski definition) is 3. The minimum Gasteiger partial charge on any atom is -0.383 e. The number of anilines is 2. The molecule has 2 heterocycles. The number of nitro groups is 1. The summed E-state index contributed by atoms with van der Waals surface area (Å²) in [7, 11) is 1.45. The van der Waals surface area contributed by atoms with Gasteiger partial charge >= 0.3 is 11.3 Å². The summed E-state index contributed by atoms with van der Waals surface area (Å²) in [5, 5.41) is 35.1. The Morgan fingerprint density at radius 2 is 2.09 bits per heavy atom. The number of amides is 1. The SMILES string of the molecule is Cc1cc([N+](=O)[O-])ccc1NC(=O)CSc1nc(N)c(C#N)c(-c2c(=O)o[nH][n+]2C)c1C#N. The first-order valence-corrected chi connectivity index (χ1v) is 10.1. The van der Waals surface area contributed by atoms with Crippen LogP contribution in [0.1, 0.15) is 16.7 Å². The molecule has 0 saturated carbocycles. The van der Waals surface area contributed by atoms with Crippen molar-refractivity contribution < 1.29 is 18.9 Å². The molecule has 3 aromatic rings. The molecular formula is C19H15N8O5S+. The topological polar surface area (TPSA) is 209 Å². The second-order valence-corrected chi connectivity index (χ2v) is 7.60. The predicted octanol–water partition coefficient (Wildman–Crippen LogP) is 1.13. The van der Waals surface area contributed by atoms with Gasteiger partial charge in [-0.25, -0.2) is 9.78 Å². The molecule has 4 N–H and O–H groups in total. The van der Waals surface area contributed by atoms with Gasteiger partial charge in [-0.1, -0.05) is 16.4 Å². The summed E-state index contributed by atoms with van der Waals surface area (Å²) in [6.45, 7) is 1.61. The number of aromatic amines is 1. The third kappa shape index (κ3) is 4.51. The van der Waals surface area contributed by atoms with Gasteiger partial charge in [-0.3, -0.25) is 19.4 Å². The summed E-state index contributed by atoms with van der Waals surface area (Å²) < 4.78 is 5.91. The van der Waals surface area contributed by atoms with Crippen LogP contribution in [-0.4, -0.2) is 26.8 Å². The minimum atomic E-state index is -0.821. The van der Waals surface area contributed by atoms with Crippen molar-refractivity contribution in [2.24, 2.45) is 7.05 Å². The normalized spacial score (nSPS) is 10.3. The number of benzene rings is 1. The summed E-state index contributed by atoms with van der Waals surface area (Å²) in [4.78, 5) is 39.0. The van der Waals surface area contributed by atoms with Gasteiger partial charge in [0.1, 0.15) is 34.1 Å². The second-order valence-electron chi connectivity index (χ2n) is 6.63.